The van der Waals surface area contributed by atoms with E-state index in [2.05, 4.69) is 6.58 Å². The molecule has 1 aromatic rings. The van der Waals surface area contributed by atoms with Crippen molar-refractivity contribution in [3.63, 3.8) is 0 Å². The van der Waals surface area contributed by atoms with Crippen molar-refractivity contribution in [3.8, 4) is 0 Å². The summed E-state index contributed by atoms with van der Waals surface area (Å²) >= 11 is 0. The van der Waals surface area contributed by atoms with E-state index in [9.17, 15) is 4.79 Å². The Bertz CT molecular complexity index is 364. The average molecular weight is 190 g/mol. The molecule has 14 heavy (non-hydrogen) atoms. The molecular formula is C12H14O2. The Labute approximate surface area is 83.9 Å². The lowest BCUT2D eigenvalue weighted by molar-refractivity contribution is -0.130. The second-order valence-electron chi connectivity index (χ2n) is 3.53. The molecule has 0 spiro atoms. The van der Waals surface area contributed by atoms with Gasteiger partial charge in [0, 0.05) is 0 Å². The van der Waals surface area contributed by atoms with Crippen molar-refractivity contribution < 1.29 is 9.90 Å². The molecular weight excluding hydrogens is 176 g/mol. The van der Waals surface area contributed by atoms with Crippen LogP contribution in [0, 0.1) is 0 Å². The summed E-state index contributed by atoms with van der Waals surface area (Å²) in [4.78, 5) is 10.8. The van der Waals surface area contributed by atoms with Crippen LogP contribution in [0.2, 0.25) is 0 Å². The highest BCUT2D eigenvalue weighted by atomic mass is 16.4. The molecule has 74 valence electrons. The van der Waals surface area contributed by atoms with Crippen LogP contribution >= 0.6 is 0 Å². The number of carboxylic acid groups (broad SMARTS) is 1. The van der Waals surface area contributed by atoms with E-state index in [0.717, 1.165) is 11.1 Å². The molecule has 0 unspecified atom stereocenters. The van der Waals surface area contributed by atoms with Crippen LogP contribution in [0.3, 0.4) is 0 Å². The summed E-state index contributed by atoms with van der Waals surface area (Å²) in [6.45, 7) is 7.64. The monoisotopic (exact) mass is 190 g/mol. The maximum Gasteiger partial charge on any atom is 0.335 e. The number of benzene rings is 1. The minimum atomic E-state index is -0.960. The molecule has 0 heterocycles. The Morgan fingerprint density at radius 2 is 1.93 bits per heavy atom. The van der Waals surface area contributed by atoms with E-state index < -0.39 is 5.97 Å². The van der Waals surface area contributed by atoms with E-state index in [1.54, 1.807) is 6.07 Å². The SMILES string of the molecule is C=C(C(=O)O)c1ccccc1C(C)C. The van der Waals surface area contributed by atoms with Crippen LogP contribution < -0.4 is 0 Å². The lowest BCUT2D eigenvalue weighted by Gasteiger charge is -2.11. The van der Waals surface area contributed by atoms with Gasteiger partial charge in [-0.05, 0) is 17.0 Å². The first kappa shape index (κ1) is 10.5. The molecule has 2 heteroatoms. The average Bonchev–Trinajstić information content (AvgIpc) is 2.16. The fourth-order valence-electron chi connectivity index (χ4n) is 1.39. The van der Waals surface area contributed by atoms with Gasteiger partial charge in [0.05, 0.1) is 5.57 Å². The van der Waals surface area contributed by atoms with Crippen LogP contribution in [-0.4, -0.2) is 11.1 Å². The fraction of sp³-hybridized carbons (Fsp3) is 0.250. The second-order valence-corrected chi connectivity index (χ2v) is 3.53. The van der Waals surface area contributed by atoms with Crippen LogP contribution in [0.4, 0.5) is 0 Å². The maximum absolute atomic E-state index is 10.8. The molecule has 0 amide bonds. The Morgan fingerprint density at radius 3 is 2.43 bits per heavy atom. The third-order valence-electron chi connectivity index (χ3n) is 2.17. The first-order valence-electron chi connectivity index (χ1n) is 4.55. The normalized spacial score (nSPS) is 10.2. The first-order valence-corrected chi connectivity index (χ1v) is 4.55. The molecule has 0 saturated heterocycles. The van der Waals surface area contributed by atoms with E-state index in [0.29, 0.717) is 5.92 Å². The summed E-state index contributed by atoms with van der Waals surface area (Å²) in [5, 5.41) is 8.84. The molecule has 0 aromatic heterocycles. The predicted molar refractivity (Wildman–Crippen MR) is 57.2 cm³/mol. The maximum atomic E-state index is 10.8. The Morgan fingerprint density at radius 1 is 1.36 bits per heavy atom. The van der Waals surface area contributed by atoms with Gasteiger partial charge >= 0.3 is 5.97 Å². The molecule has 0 aliphatic heterocycles. The Balaban J connectivity index is 3.20. The summed E-state index contributed by atoms with van der Waals surface area (Å²) in [5.74, 6) is -0.652. The molecule has 0 aliphatic carbocycles. The van der Waals surface area contributed by atoms with Gasteiger partial charge in [0.2, 0.25) is 0 Å². The standard InChI is InChI=1S/C12H14O2/c1-8(2)10-6-4-5-7-11(10)9(3)12(13)14/h4-8H,3H2,1-2H3,(H,13,14). The van der Waals surface area contributed by atoms with Gasteiger partial charge in [-0.2, -0.15) is 0 Å². The zero-order chi connectivity index (χ0) is 10.7. The number of rotatable bonds is 3. The molecule has 0 saturated carbocycles. The van der Waals surface area contributed by atoms with E-state index in [4.69, 9.17) is 5.11 Å². The van der Waals surface area contributed by atoms with Crippen LogP contribution in [0.5, 0.6) is 0 Å². The minimum Gasteiger partial charge on any atom is -0.478 e. The first-order chi connectivity index (χ1) is 6.54. The summed E-state index contributed by atoms with van der Waals surface area (Å²) < 4.78 is 0. The zero-order valence-electron chi connectivity index (χ0n) is 8.45. The van der Waals surface area contributed by atoms with Crippen LogP contribution in [0.1, 0.15) is 30.9 Å². The van der Waals surface area contributed by atoms with Gasteiger partial charge in [-0.15, -0.1) is 0 Å². The summed E-state index contributed by atoms with van der Waals surface area (Å²) in [5.41, 5.74) is 1.92. The molecule has 0 fully saturated rings. The van der Waals surface area contributed by atoms with Gasteiger partial charge in [-0.1, -0.05) is 44.7 Å². The Kier molecular flexibility index (Phi) is 3.07. The minimum absolute atomic E-state index is 0.161. The van der Waals surface area contributed by atoms with Crippen LogP contribution in [0.15, 0.2) is 30.8 Å². The number of hydrogen-bond donors (Lipinski definition) is 1. The lowest BCUT2D eigenvalue weighted by atomic mass is 9.93. The van der Waals surface area contributed by atoms with Crippen molar-refractivity contribution in [1.82, 2.24) is 0 Å². The van der Waals surface area contributed by atoms with Gasteiger partial charge in [-0.3, -0.25) is 0 Å². The smallest absolute Gasteiger partial charge is 0.335 e. The molecule has 1 aromatic carbocycles. The number of carboxylic acids is 1. The molecule has 0 aliphatic rings. The third-order valence-corrected chi connectivity index (χ3v) is 2.17. The molecule has 1 N–H and O–H groups in total. The van der Waals surface area contributed by atoms with Crippen molar-refractivity contribution >= 4 is 11.5 Å². The molecule has 0 atom stereocenters. The van der Waals surface area contributed by atoms with Crippen molar-refractivity contribution in [3.05, 3.63) is 42.0 Å². The molecule has 1 rings (SSSR count). The predicted octanol–water partition coefficient (Wildman–Crippen LogP) is 2.91. The van der Waals surface area contributed by atoms with Crippen molar-refractivity contribution in [1.29, 1.82) is 0 Å². The van der Waals surface area contributed by atoms with Crippen LogP contribution in [-0.2, 0) is 4.79 Å². The third kappa shape index (κ3) is 2.02. The van der Waals surface area contributed by atoms with E-state index in [1.165, 1.54) is 0 Å². The zero-order valence-corrected chi connectivity index (χ0v) is 8.45. The van der Waals surface area contributed by atoms with Crippen LogP contribution in [0.25, 0.3) is 5.57 Å². The second kappa shape index (κ2) is 4.09. The van der Waals surface area contributed by atoms with E-state index in [-0.39, 0.29) is 5.57 Å². The molecule has 0 radical (unpaired) electrons. The summed E-state index contributed by atoms with van der Waals surface area (Å²) in [6, 6.07) is 7.48. The highest BCUT2D eigenvalue weighted by Crippen LogP contribution is 2.24. The van der Waals surface area contributed by atoms with Gasteiger partial charge in [0.1, 0.15) is 0 Å². The molecule has 2 nitrogen and oxygen atoms in total. The van der Waals surface area contributed by atoms with Gasteiger partial charge in [-0.25, -0.2) is 4.79 Å². The highest BCUT2D eigenvalue weighted by Gasteiger charge is 2.12. The van der Waals surface area contributed by atoms with E-state index in [1.807, 2.05) is 32.0 Å². The number of hydrogen-bond acceptors (Lipinski definition) is 1. The fourth-order valence-corrected chi connectivity index (χ4v) is 1.39. The number of carbonyl (C=O) groups is 1. The lowest BCUT2D eigenvalue weighted by Crippen LogP contribution is -2.02. The summed E-state index contributed by atoms with van der Waals surface area (Å²) in [7, 11) is 0. The number of aliphatic carboxylic acids is 1. The van der Waals surface area contributed by atoms with E-state index >= 15 is 0 Å². The quantitative estimate of drug-likeness (QED) is 0.744. The van der Waals surface area contributed by atoms with Gasteiger partial charge in [0.15, 0.2) is 0 Å². The highest BCUT2D eigenvalue weighted by molar-refractivity contribution is 6.14. The largest absolute Gasteiger partial charge is 0.478 e. The topological polar surface area (TPSA) is 37.3 Å². The van der Waals surface area contributed by atoms with Crippen molar-refractivity contribution in [2.24, 2.45) is 0 Å². The van der Waals surface area contributed by atoms with Crippen molar-refractivity contribution in [2.75, 3.05) is 0 Å². The Hall–Kier alpha value is -1.57. The van der Waals surface area contributed by atoms with Crippen molar-refractivity contribution in [2.45, 2.75) is 19.8 Å². The molecule has 0 bridgehead atoms. The van der Waals surface area contributed by atoms with Gasteiger partial charge in [0.25, 0.3) is 0 Å². The summed E-state index contributed by atoms with van der Waals surface area (Å²) in [6.07, 6.45) is 0. The van der Waals surface area contributed by atoms with Gasteiger partial charge < -0.3 is 5.11 Å².